The fraction of sp³-hybridized carbons (Fsp3) is 0.600. The molecule has 1 amide bonds. The number of hydrogen-bond donors (Lipinski definition) is 2. The zero-order valence-corrected chi connectivity index (χ0v) is 12.0. The Labute approximate surface area is 115 Å². The molecular weight excluding hydrogens is 238 g/mol. The van der Waals surface area contributed by atoms with Crippen molar-refractivity contribution in [2.45, 2.75) is 45.6 Å². The lowest BCUT2D eigenvalue weighted by molar-refractivity contribution is 0.0949. The average molecular weight is 261 g/mol. The van der Waals surface area contributed by atoms with E-state index >= 15 is 0 Å². The second kappa shape index (κ2) is 6.04. The Balaban J connectivity index is 2.09. The quantitative estimate of drug-likeness (QED) is 0.827. The first-order valence-corrected chi connectivity index (χ1v) is 7.17. The molecule has 1 aliphatic carbocycles. The van der Waals surface area contributed by atoms with Crippen molar-refractivity contribution >= 4 is 11.7 Å². The molecule has 0 spiro atoms. The van der Waals surface area contributed by atoms with Crippen LogP contribution in [0.25, 0.3) is 0 Å². The standard InChI is InChI=1S/C15H23N3O/c1-4-6-12-7-11(9-14(16-3)17-12)15(19)18-13-8-10(13)5-2/h7,9-10,13H,4-6,8H2,1-3H3,(H,16,17)(H,18,19). The topological polar surface area (TPSA) is 54.0 Å². The van der Waals surface area contributed by atoms with Crippen molar-refractivity contribution in [3.05, 3.63) is 23.4 Å². The van der Waals surface area contributed by atoms with Gasteiger partial charge >= 0.3 is 0 Å². The molecule has 0 saturated heterocycles. The number of aryl methyl sites for hydroxylation is 1. The average Bonchev–Trinajstić information content (AvgIpc) is 3.17. The highest BCUT2D eigenvalue weighted by molar-refractivity contribution is 5.95. The first-order chi connectivity index (χ1) is 9.17. The van der Waals surface area contributed by atoms with Gasteiger partial charge in [0.25, 0.3) is 5.91 Å². The maximum atomic E-state index is 12.2. The molecule has 2 N–H and O–H groups in total. The van der Waals surface area contributed by atoms with E-state index in [0.717, 1.165) is 37.2 Å². The number of pyridine rings is 1. The summed E-state index contributed by atoms with van der Waals surface area (Å²) in [4.78, 5) is 16.7. The van der Waals surface area contributed by atoms with Gasteiger partial charge in [0.05, 0.1) is 0 Å². The van der Waals surface area contributed by atoms with Crippen LogP contribution in [-0.2, 0) is 6.42 Å². The summed E-state index contributed by atoms with van der Waals surface area (Å²) in [5, 5.41) is 6.12. The van der Waals surface area contributed by atoms with Crippen LogP contribution in [0, 0.1) is 5.92 Å². The number of nitrogens with one attached hydrogen (secondary N) is 2. The van der Waals surface area contributed by atoms with Crippen LogP contribution in [0.3, 0.4) is 0 Å². The Morgan fingerprint density at radius 3 is 2.79 bits per heavy atom. The fourth-order valence-corrected chi connectivity index (χ4v) is 2.36. The zero-order valence-electron chi connectivity index (χ0n) is 12.0. The Kier molecular flexibility index (Phi) is 4.40. The Bertz CT molecular complexity index is 459. The van der Waals surface area contributed by atoms with Crippen molar-refractivity contribution in [1.29, 1.82) is 0 Å². The van der Waals surface area contributed by atoms with Crippen LogP contribution in [0.15, 0.2) is 12.1 Å². The normalized spacial score (nSPS) is 21.0. The summed E-state index contributed by atoms with van der Waals surface area (Å²) in [5.41, 5.74) is 1.69. The van der Waals surface area contributed by atoms with E-state index in [4.69, 9.17) is 0 Å². The highest BCUT2D eigenvalue weighted by atomic mass is 16.1. The molecule has 2 rings (SSSR count). The van der Waals surface area contributed by atoms with Crippen LogP contribution in [0.2, 0.25) is 0 Å². The molecular formula is C15H23N3O. The van der Waals surface area contributed by atoms with Crippen LogP contribution < -0.4 is 10.6 Å². The van der Waals surface area contributed by atoms with E-state index in [2.05, 4.69) is 29.5 Å². The Morgan fingerprint density at radius 2 is 2.21 bits per heavy atom. The molecule has 104 valence electrons. The minimum atomic E-state index is 0.0252. The lowest BCUT2D eigenvalue weighted by Gasteiger charge is -2.09. The smallest absolute Gasteiger partial charge is 0.251 e. The number of aromatic nitrogens is 1. The van der Waals surface area contributed by atoms with Gasteiger partial charge in [-0.2, -0.15) is 0 Å². The van der Waals surface area contributed by atoms with E-state index in [1.807, 2.05) is 19.2 Å². The predicted molar refractivity (Wildman–Crippen MR) is 77.4 cm³/mol. The van der Waals surface area contributed by atoms with Gasteiger partial charge in [0, 0.05) is 24.3 Å². The molecule has 0 radical (unpaired) electrons. The largest absolute Gasteiger partial charge is 0.373 e. The summed E-state index contributed by atoms with van der Waals surface area (Å²) in [6.45, 7) is 4.28. The molecule has 1 saturated carbocycles. The third-order valence-electron chi connectivity index (χ3n) is 3.67. The summed E-state index contributed by atoms with van der Waals surface area (Å²) in [6.07, 6.45) is 4.19. The lowest BCUT2D eigenvalue weighted by atomic mass is 10.1. The predicted octanol–water partition coefficient (Wildman–Crippen LogP) is 2.60. The molecule has 0 aliphatic heterocycles. The van der Waals surface area contributed by atoms with Crippen LogP contribution in [0.1, 0.15) is 49.2 Å². The molecule has 2 unspecified atom stereocenters. The lowest BCUT2D eigenvalue weighted by Crippen LogP contribution is -2.27. The van der Waals surface area contributed by atoms with E-state index in [1.165, 1.54) is 0 Å². The molecule has 1 aromatic rings. The maximum Gasteiger partial charge on any atom is 0.251 e. The number of hydrogen-bond acceptors (Lipinski definition) is 3. The van der Waals surface area contributed by atoms with Gasteiger partial charge in [0.15, 0.2) is 0 Å². The van der Waals surface area contributed by atoms with E-state index < -0.39 is 0 Å². The van der Waals surface area contributed by atoms with E-state index in [0.29, 0.717) is 17.5 Å². The van der Waals surface area contributed by atoms with Crippen molar-refractivity contribution in [2.24, 2.45) is 5.92 Å². The highest BCUT2D eigenvalue weighted by Crippen LogP contribution is 2.33. The summed E-state index contributed by atoms with van der Waals surface area (Å²) in [6, 6.07) is 4.10. The van der Waals surface area contributed by atoms with E-state index in [9.17, 15) is 4.79 Å². The van der Waals surface area contributed by atoms with Gasteiger partial charge in [0.1, 0.15) is 5.82 Å². The Morgan fingerprint density at radius 1 is 1.42 bits per heavy atom. The number of carbonyl (C=O) groups excluding carboxylic acids is 1. The maximum absolute atomic E-state index is 12.2. The van der Waals surface area contributed by atoms with Gasteiger partial charge in [-0.1, -0.05) is 26.7 Å². The molecule has 1 heterocycles. The van der Waals surface area contributed by atoms with Crippen molar-refractivity contribution in [3.63, 3.8) is 0 Å². The number of rotatable bonds is 6. The fourth-order valence-electron chi connectivity index (χ4n) is 2.36. The first kappa shape index (κ1) is 13.8. The molecule has 4 heteroatoms. The SMILES string of the molecule is CCCc1cc(C(=O)NC2CC2CC)cc(NC)n1. The molecule has 19 heavy (non-hydrogen) atoms. The Hall–Kier alpha value is -1.58. The molecule has 4 nitrogen and oxygen atoms in total. The second-order valence-corrected chi connectivity index (χ2v) is 5.22. The van der Waals surface area contributed by atoms with Gasteiger partial charge in [0.2, 0.25) is 0 Å². The minimum Gasteiger partial charge on any atom is -0.373 e. The van der Waals surface area contributed by atoms with Gasteiger partial charge in [-0.3, -0.25) is 4.79 Å². The number of anilines is 1. The molecule has 1 fully saturated rings. The summed E-state index contributed by atoms with van der Waals surface area (Å²) in [7, 11) is 1.83. The minimum absolute atomic E-state index is 0.0252. The molecule has 2 atom stereocenters. The van der Waals surface area contributed by atoms with Crippen LogP contribution in [-0.4, -0.2) is 24.0 Å². The van der Waals surface area contributed by atoms with Crippen molar-refractivity contribution < 1.29 is 4.79 Å². The number of nitrogens with zero attached hydrogens (tertiary/aromatic N) is 1. The van der Waals surface area contributed by atoms with Crippen LogP contribution in [0.4, 0.5) is 5.82 Å². The molecule has 0 aromatic carbocycles. The number of carbonyl (C=O) groups is 1. The van der Waals surface area contributed by atoms with Gasteiger partial charge in [-0.05, 0) is 30.9 Å². The van der Waals surface area contributed by atoms with Crippen molar-refractivity contribution in [3.8, 4) is 0 Å². The van der Waals surface area contributed by atoms with Crippen LogP contribution in [0.5, 0.6) is 0 Å². The van der Waals surface area contributed by atoms with Crippen molar-refractivity contribution in [1.82, 2.24) is 10.3 Å². The summed E-state index contributed by atoms with van der Waals surface area (Å²) in [5.74, 6) is 1.46. The second-order valence-electron chi connectivity index (χ2n) is 5.22. The monoisotopic (exact) mass is 261 g/mol. The van der Waals surface area contributed by atoms with Crippen molar-refractivity contribution in [2.75, 3.05) is 12.4 Å². The highest BCUT2D eigenvalue weighted by Gasteiger charge is 2.36. The van der Waals surface area contributed by atoms with Crippen LogP contribution >= 0.6 is 0 Å². The third-order valence-corrected chi connectivity index (χ3v) is 3.67. The third kappa shape index (κ3) is 3.46. The zero-order chi connectivity index (χ0) is 13.8. The molecule has 0 bridgehead atoms. The van der Waals surface area contributed by atoms with Gasteiger partial charge in [-0.25, -0.2) is 4.98 Å². The van der Waals surface area contributed by atoms with E-state index in [1.54, 1.807) is 0 Å². The molecule has 1 aliphatic rings. The first-order valence-electron chi connectivity index (χ1n) is 7.17. The van der Waals surface area contributed by atoms with Gasteiger partial charge < -0.3 is 10.6 Å². The summed E-state index contributed by atoms with van der Waals surface area (Å²) >= 11 is 0. The van der Waals surface area contributed by atoms with Gasteiger partial charge in [-0.15, -0.1) is 0 Å². The molecule has 1 aromatic heterocycles. The van der Waals surface area contributed by atoms with E-state index in [-0.39, 0.29) is 5.91 Å². The number of amides is 1. The summed E-state index contributed by atoms with van der Waals surface area (Å²) < 4.78 is 0.